The van der Waals surface area contributed by atoms with Gasteiger partial charge in [-0.05, 0) is 29.8 Å². The summed E-state index contributed by atoms with van der Waals surface area (Å²) in [6.45, 7) is 1.77. The number of aliphatic imine (C=N–C) groups is 1. The van der Waals surface area contributed by atoms with Crippen LogP contribution >= 0.6 is 35.6 Å². The fourth-order valence-electron chi connectivity index (χ4n) is 2.27. The van der Waals surface area contributed by atoms with Gasteiger partial charge in [0.05, 0.1) is 5.56 Å². The molecule has 0 unspecified atom stereocenters. The molecular weight excluding hydrogens is 465 g/mol. The van der Waals surface area contributed by atoms with Crippen molar-refractivity contribution in [2.45, 2.75) is 6.54 Å². The Morgan fingerprint density at radius 2 is 1.88 bits per heavy atom. The summed E-state index contributed by atoms with van der Waals surface area (Å²) in [5.74, 6) is 0.616. The van der Waals surface area contributed by atoms with Crippen molar-refractivity contribution in [1.29, 1.82) is 0 Å². The predicted molar refractivity (Wildman–Crippen MR) is 116 cm³/mol. The van der Waals surface area contributed by atoms with Crippen molar-refractivity contribution in [3.8, 4) is 0 Å². The number of aromatic nitrogens is 1. The van der Waals surface area contributed by atoms with E-state index < -0.39 is 0 Å². The second-order valence-electron chi connectivity index (χ2n) is 5.45. The fraction of sp³-hybridized carbons (Fsp3) is 0.278. The van der Waals surface area contributed by atoms with Gasteiger partial charge in [-0.25, -0.2) is 0 Å². The molecule has 0 saturated carbocycles. The number of halogens is 2. The zero-order valence-electron chi connectivity index (χ0n) is 14.8. The third-order valence-electron chi connectivity index (χ3n) is 3.52. The van der Waals surface area contributed by atoms with Crippen LogP contribution in [0.4, 0.5) is 0 Å². The van der Waals surface area contributed by atoms with E-state index in [0.717, 1.165) is 16.5 Å². The Balaban J connectivity index is 0.00000338. The maximum atomic E-state index is 11.9. The first-order chi connectivity index (χ1) is 12.1. The monoisotopic (exact) mass is 487 g/mol. The molecule has 0 spiro atoms. The molecule has 0 bridgehead atoms. The molecule has 1 aromatic carbocycles. The summed E-state index contributed by atoms with van der Waals surface area (Å²) in [5.41, 5.74) is 1.69. The minimum Gasteiger partial charge on any atom is -0.354 e. The molecule has 0 atom stereocenters. The number of carbonyl (C=O) groups excluding carboxylic acids is 1. The molecule has 0 fully saturated rings. The number of nitrogens with one attached hydrogen (secondary N) is 2. The predicted octanol–water partition coefficient (Wildman–Crippen LogP) is 2.79. The molecule has 0 aliphatic rings. The van der Waals surface area contributed by atoms with Crippen molar-refractivity contribution < 1.29 is 4.79 Å². The summed E-state index contributed by atoms with van der Waals surface area (Å²) in [6.07, 6.45) is 3.18. The number of hydrogen-bond acceptors (Lipinski definition) is 3. The molecule has 0 radical (unpaired) electrons. The Morgan fingerprint density at radius 3 is 2.50 bits per heavy atom. The molecule has 1 aromatic heterocycles. The molecule has 8 heteroatoms. The maximum Gasteiger partial charge on any atom is 0.252 e. The van der Waals surface area contributed by atoms with E-state index in [2.05, 4.69) is 20.6 Å². The van der Waals surface area contributed by atoms with Crippen molar-refractivity contribution in [3.05, 3.63) is 64.9 Å². The van der Waals surface area contributed by atoms with E-state index in [1.807, 2.05) is 36.2 Å². The van der Waals surface area contributed by atoms with Gasteiger partial charge < -0.3 is 15.5 Å². The summed E-state index contributed by atoms with van der Waals surface area (Å²) < 4.78 is 0. The van der Waals surface area contributed by atoms with Crippen LogP contribution in [-0.2, 0) is 6.54 Å². The lowest BCUT2D eigenvalue weighted by atomic mass is 10.2. The van der Waals surface area contributed by atoms with Crippen LogP contribution in [0.15, 0.2) is 53.8 Å². The van der Waals surface area contributed by atoms with Crippen LogP contribution in [-0.4, -0.2) is 48.9 Å². The van der Waals surface area contributed by atoms with Gasteiger partial charge in [-0.2, -0.15) is 0 Å². The minimum atomic E-state index is -0.139. The van der Waals surface area contributed by atoms with Crippen molar-refractivity contribution in [2.75, 3.05) is 27.2 Å². The van der Waals surface area contributed by atoms with Gasteiger partial charge in [-0.1, -0.05) is 23.7 Å². The van der Waals surface area contributed by atoms with Crippen LogP contribution in [0.3, 0.4) is 0 Å². The Kier molecular flexibility index (Phi) is 9.97. The summed E-state index contributed by atoms with van der Waals surface area (Å²) in [5, 5.41) is 6.79. The molecule has 1 heterocycles. The second kappa shape index (κ2) is 11.7. The molecule has 2 N–H and O–H groups in total. The van der Waals surface area contributed by atoms with Crippen LogP contribution in [0.5, 0.6) is 0 Å². The topological polar surface area (TPSA) is 69.6 Å². The lowest BCUT2D eigenvalue weighted by Crippen LogP contribution is -2.42. The number of rotatable bonds is 6. The van der Waals surface area contributed by atoms with E-state index in [1.165, 1.54) is 0 Å². The highest BCUT2D eigenvalue weighted by atomic mass is 127. The first-order valence-corrected chi connectivity index (χ1v) is 8.32. The van der Waals surface area contributed by atoms with E-state index in [-0.39, 0.29) is 29.9 Å². The van der Waals surface area contributed by atoms with E-state index in [4.69, 9.17) is 11.6 Å². The van der Waals surface area contributed by atoms with Gasteiger partial charge in [0.25, 0.3) is 5.91 Å². The molecule has 140 valence electrons. The standard InChI is InChI=1S/C18H22ClN5O.HI/c1-20-18(24(2)13-14-5-7-16(19)8-6-14)23-11-10-22-17(25)15-4-3-9-21-12-15;/h3-9,12H,10-11,13H2,1-2H3,(H,20,23)(H,22,25);1H. The molecule has 2 aromatic rings. The molecule has 0 aliphatic heterocycles. The van der Waals surface area contributed by atoms with Gasteiger partial charge in [0.15, 0.2) is 5.96 Å². The third-order valence-corrected chi connectivity index (χ3v) is 3.78. The van der Waals surface area contributed by atoms with Crippen molar-refractivity contribution in [2.24, 2.45) is 4.99 Å². The maximum absolute atomic E-state index is 11.9. The Bertz CT molecular complexity index is 709. The van der Waals surface area contributed by atoms with Crippen molar-refractivity contribution in [1.82, 2.24) is 20.5 Å². The summed E-state index contributed by atoms with van der Waals surface area (Å²) in [7, 11) is 3.69. The highest BCUT2D eigenvalue weighted by Crippen LogP contribution is 2.10. The molecule has 26 heavy (non-hydrogen) atoms. The summed E-state index contributed by atoms with van der Waals surface area (Å²) in [6, 6.07) is 11.2. The molecule has 0 saturated heterocycles. The Morgan fingerprint density at radius 1 is 1.19 bits per heavy atom. The first kappa shape index (κ1) is 22.2. The molecule has 2 rings (SSSR count). The van der Waals surface area contributed by atoms with E-state index >= 15 is 0 Å². The number of guanidine groups is 1. The zero-order chi connectivity index (χ0) is 18.1. The molecule has 1 amide bonds. The van der Waals surface area contributed by atoms with Gasteiger partial charge >= 0.3 is 0 Å². The lowest BCUT2D eigenvalue weighted by Gasteiger charge is -2.22. The number of carbonyl (C=O) groups is 1. The zero-order valence-corrected chi connectivity index (χ0v) is 17.9. The van der Waals surface area contributed by atoms with Gasteiger partial charge in [-0.15, -0.1) is 24.0 Å². The number of amides is 1. The van der Waals surface area contributed by atoms with Crippen molar-refractivity contribution >= 4 is 47.4 Å². The van der Waals surface area contributed by atoms with Gasteiger partial charge in [0, 0.05) is 51.1 Å². The Labute approximate surface area is 176 Å². The summed E-state index contributed by atoms with van der Waals surface area (Å²) >= 11 is 5.90. The molecular formula is C18H23ClIN5O. The number of benzene rings is 1. The van der Waals surface area contributed by atoms with Crippen LogP contribution in [0.2, 0.25) is 5.02 Å². The third kappa shape index (κ3) is 7.17. The van der Waals surface area contributed by atoms with E-state index in [9.17, 15) is 4.79 Å². The molecule has 0 aliphatic carbocycles. The second-order valence-corrected chi connectivity index (χ2v) is 5.89. The minimum absolute atomic E-state index is 0. The number of pyridine rings is 1. The van der Waals surface area contributed by atoms with E-state index in [0.29, 0.717) is 25.2 Å². The normalized spacial score (nSPS) is 10.7. The highest BCUT2D eigenvalue weighted by Gasteiger charge is 2.07. The largest absolute Gasteiger partial charge is 0.354 e. The van der Waals surface area contributed by atoms with Gasteiger partial charge in [0.2, 0.25) is 0 Å². The average molecular weight is 488 g/mol. The van der Waals surface area contributed by atoms with Gasteiger partial charge in [0.1, 0.15) is 0 Å². The number of hydrogen-bond donors (Lipinski definition) is 2. The lowest BCUT2D eigenvalue weighted by molar-refractivity contribution is 0.0954. The Hall–Kier alpha value is -1.87. The quantitative estimate of drug-likeness (QED) is 0.285. The fourth-order valence-corrected chi connectivity index (χ4v) is 2.40. The van der Waals surface area contributed by atoms with Crippen LogP contribution in [0.25, 0.3) is 0 Å². The smallest absolute Gasteiger partial charge is 0.252 e. The summed E-state index contributed by atoms with van der Waals surface area (Å²) in [4.78, 5) is 22.1. The number of nitrogens with zero attached hydrogens (tertiary/aromatic N) is 3. The SMILES string of the molecule is CN=C(NCCNC(=O)c1cccnc1)N(C)Cc1ccc(Cl)cc1.I. The molecule has 6 nitrogen and oxygen atoms in total. The van der Waals surface area contributed by atoms with Gasteiger partial charge in [-0.3, -0.25) is 14.8 Å². The van der Waals surface area contributed by atoms with Crippen LogP contribution in [0, 0.1) is 0 Å². The first-order valence-electron chi connectivity index (χ1n) is 7.94. The van der Waals surface area contributed by atoms with Crippen LogP contribution in [0.1, 0.15) is 15.9 Å². The van der Waals surface area contributed by atoms with Crippen molar-refractivity contribution in [3.63, 3.8) is 0 Å². The highest BCUT2D eigenvalue weighted by molar-refractivity contribution is 14.0. The van der Waals surface area contributed by atoms with E-state index in [1.54, 1.807) is 31.6 Å². The average Bonchev–Trinajstić information content (AvgIpc) is 2.64. The van der Waals surface area contributed by atoms with Crippen LogP contribution < -0.4 is 10.6 Å².